The van der Waals surface area contributed by atoms with E-state index in [4.69, 9.17) is 15.6 Å². The summed E-state index contributed by atoms with van der Waals surface area (Å²) < 4.78 is 24.6. The lowest BCUT2D eigenvalue weighted by molar-refractivity contribution is 0.0288. The molecule has 0 aliphatic carbocycles. The number of amides is 1. The molecule has 0 unspecified atom stereocenters. The van der Waals surface area contributed by atoms with Crippen LogP contribution in [0.15, 0.2) is 29.1 Å². The lowest BCUT2D eigenvalue weighted by Gasteiger charge is -2.24. The molecule has 4 heterocycles. The zero-order valence-corrected chi connectivity index (χ0v) is 21.9. The average Bonchev–Trinajstić information content (AvgIpc) is 3.52. The predicted octanol–water partition coefficient (Wildman–Crippen LogP) is 4.38. The number of carbonyl (C=O) groups excluding carboxylic acids is 1. The Bertz CT molecular complexity index is 1570. The van der Waals surface area contributed by atoms with Gasteiger partial charge in [-0.2, -0.15) is 5.10 Å². The second-order valence-corrected chi connectivity index (χ2v) is 10.7. The van der Waals surface area contributed by atoms with E-state index in [-0.39, 0.29) is 23.5 Å². The summed E-state index contributed by atoms with van der Waals surface area (Å²) in [6, 6.07) is 2.92. The van der Waals surface area contributed by atoms with Crippen molar-refractivity contribution in [3.8, 4) is 11.8 Å². The largest absolute Gasteiger partial charge is 0.444 e. The predicted molar refractivity (Wildman–Crippen MR) is 138 cm³/mol. The van der Waals surface area contributed by atoms with Gasteiger partial charge in [-0.25, -0.2) is 19.2 Å². The Morgan fingerprint density at radius 3 is 2.81 bits per heavy atom. The van der Waals surface area contributed by atoms with Crippen molar-refractivity contribution in [2.24, 2.45) is 7.05 Å². The van der Waals surface area contributed by atoms with Gasteiger partial charge in [0.15, 0.2) is 0 Å². The Morgan fingerprint density at radius 2 is 2.06 bits per heavy atom. The number of aromatic nitrogens is 5. The van der Waals surface area contributed by atoms with Crippen LogP contribution in [0.2, 0.25) is 0 Å². The van der Waals surface area contributed by atoms with Crippen LogP contribution in [0.1, 0.15) is 44.5 Å². The summed E-state index contributed by atoms with van der Waals surface area (Å²) >= 11 is 3.56. The van der Waals surface area contributed by atoms with Crippen LogP contribution in [0.4, 0.5) is 15.0 Å². The van der Waals surface area contributed by atoms with Gasteiger partial charge in [-0.05, 0) is 55.1 Å². The molecule has 1 aromatic carbocycles. The number of nitrogens with zero attached hydrogens (tertiary/aromatic N) is 6. The van der Waals surface area contributed by atoms with Gasteiger partial charge in [-0.1, -0.05) is 5.92 Å². The zero-order chi connectivity index (χ0) is 25.8. The molecule has 1 atom stereocenters. The summed E-state index contributed by atoms with van der Waals surface area (Å²) in [7, 11) is 1.81. The number of pyridine rings is 1. The minimum absolute atomic E-state index is 0.115. The molecule has 4 aromatic rings. The molecule has 1 amide bonds. The smallest absolute Gasteiger partial charge is 0.410 e. The van der Waals surface area contributed by atoms with Crippen molar-refractivity contribution in [2.45, 2.75) is 38.8 Å². The van der Waals surface area contributed by atoms with E-state index in [1.54, 1.807) is 35.1 Å². The van der Waals surface area contributed by atoms with Crippen LogP contribution in [0.5, 0.6) is 0 Å². The maximum absolute atomic E-state index is 14.8. The lowest BCUT2D eigenvalue weighted by atomic mass is 10.1. The maximum atomic E-state index is 14.8. The van der Waals surface area contributed by atoms with E-state index >= 15 is 0 Å². The van der Waals surface area contributed by atoms with Gasteiger partial charge in [-0.3, -0.25) is 4.68 Å². The summed E-state index contributed by atoms with van der Waals surface area (Å²) in [6.07, 6.45) is 3.56. The first-order valence-corrected chi connectivity index (χ1v) is 12.2. The molecule has 1 saturated heterocycles. The minimum atomic E-state index is -0.576. The van der Waals surface area contributed by atoms with Crippen LogP contribution in [-0.2, 0) is 11.8 Å². The number of nitrogen functional groups attached to an aromatic ring is 1. The SMILES string of the molecule is Cn1cnc2cc(C#Cc3nn([C@H]4CCN(C(=O)OC(C)(C)C)C4)c4c(Br)cnc(N)c34)c(F)cc21. The fraction of sp³-hybridized carbons (Fsp3) is 0.360. The topological polar surface area (TPSA) is 104 Å². The molecule has 3 aromatic heterocycles. The van der Waals surface area contributed by atoms with E-state index in [9.17, 15) is 9.18 Å². The summed E-state index contributed by atoms with van der Waals surface area (Å²) in [5.74, 6) is 5.71. The summed E-state index contributed by atoms with van der Waals surface area (Å²) in [4.78, 5) is 22.8. The molecule has 1 aliphatic heterocycles. The van der Waals surface area contributed by atoms with Gasteiger partial charge in [0, 0.05) is 32.4 Å². The second-order valence-electron chi connectivity index (χ2n) is 9.80. The van der Waals surface area contributed by atoms with Crippen LogP contribution in [-0.4, -0.2) is 54.0 Å². The molecule has 0 saturated carbocycles. The molecule has 36 heavy (non-hydrogen) atoms. The number of anilines is 1. The Hall–Kier alpha value is -3.65. The molecule has 2 N–H and O–H groups in total. The monoisotopic (exact) mass is 553 g/mol. The Morgan fingerprint density at radius 1 is 1.28 bits per heavy atom. The van der Waals surface area contributed by atoms with Crippen molar-refractivity contribution in [3.05, 3.63) is 46.2 Å². The Kier molecular flexibility index (Phi) is 5.87. The second kappa shape index (κ2) is 8.78. The first kappa shape index (κ1) is 24.1. The molecule has 1 fully saturated rings. The van der Waals surface area contributed by atoms with E-state index in [0.29, 0.717) is 46.1 Å². The number of aryl methyl sites for hydroxylation is 1. The molecule has 9 nitrogen and oxygen atoms in total. The van der Waals surface area contributed by atoms with E-state index in [2.05, 4.69) is 37.7 Å². The van der Waals surface area contributed by atoms with Crippen molar-refractivity contribution < 1.29 is 13.9 Å². The average molecular weight is 554 g/mol. The standard InChI is InChI=1S/C25H25BrFN7O2/c1-25(2,3)36-24(35)33-8-7-15(12-33)34-22-16(26)11-29-23(28)21(22)18(31-34)6-5-14-9-19-20(10-17(14)27)32(4)13-30-19/h9-11,13,15H,7-8,12H2,1-4H3,(H2,28,29)/t15-/m0/s1. The molecular weight excluding hydrogens is 529 g/mol. The quantitative estimate of drug-likeness (QED) is 0.351. The van der Waals surface area contributed by atoms with Crippen LogP contribution < -0.4 is 5.73 Å². The van der Waals surface area contributed by atoms with E-state index in [0.717, 1.165) is 5.52 Å². The summed E-state index contributed by atoms with van der Waals surface area (Å²) in [5.41, 5.74) is 8.31. The number of likely N-dealkylation sites (tertiary alicyclic amines) is 1. The van der Waals surface area contributed by atoms with Crippen molar-refractivity contribution in [3.63, 3.8) is 0 Å². The highest BCUT2D eigenvalue weighted by Gasteiger charge is 2.33. The highest BCUT2D eigenvalue weighted by molar-refractivity contribution is 9.10. The molecule has 5 rings (SSSR count). The van der Waals surface area contributed by atoms with Crippen LogP contribution in [0.25, 0.3) is 21.9 Å². The summed E-state index contributed by atoms with van der Waals surface area (Å²) in [6.45, 7) is 6.48. The number of nitrogens with two attached hydrogens (primary N) is 1. The van der Waals surface area contributed by atoms with Gasteiger partial charge >= 0.3 is 6.09 Å². The van der Waals surface area contributed by atoms with Gasteiger partial charge < -0.3 is 19.9 Å². The van der Waals surface area contributed by atoms with Crippen molar-refractivity contribution in [1.29, 1.82) is 0 Å². The van der Waals surface area contributed by atoms with Crippen molar-refractivity contribution in [2.75, 3.05) is 18.8 Å². The molecule has 0 radical (unpaired) electrons. The normalized spacial score (nSPS) is 15.9. The summed E-state index contributed by atoms with van der Waals surface area (Å²) in [5, 5.41) is 5.32. The van der Waals surface area contributed by atoms with Crippen LogP contribution in [0, 0.1) is 17.7 Å². The first-order chi connectivity index (χ1) is 17.0. The zero-order valence-electron chi connectivity index (χ0n) is 20.3. The number of ether oxygens (including phenoxy) is 1. The molecule has 186 valence electrons. The number of rotatable bonds is 1. The van der Waals surface area contributed by atoms with Gasteiger partial charge in [-0.15, -0.1) is 0 Å². The molecule has 11 heteroatoms. The fourth-order valence-electron chi connectivity index (χ4n) is 4.31. The third kappa shape index (κ3) is 4.37. The minimum Gasteiger partial charge on any atom is -0.444 e. The van der Waals surface area contributed by atoms with Crippen molar-refractivity contribution in [1.82, 2.24) is 29.2 Å². The maximum Gasteiger partial charge on any atom is 0.410 e. The number of halogens is 2. The van der Waals surface area contributed by atoms with E-state index in [1.807, 2.05) is 25.5 Å². The van der Waals surface area contributed by atoms with Gasteiger partial charge in [0.25, 0.3) is 0 Å². The fourth-order valence-corrected chi connectivity index (χ4v) is 4.80. The number of hydrogen-bond acceptors (Lipinski definition) is 6. The number of benzene rings is 1. The highest BCUT2D eigenvalue weighted by atomic mass is 79.9. The third-order valence-corrected chi connectivity index (χ3v) is 6.58. The first-order valence-electron chi connectivity index (χ1n) is 11.4. The van der Waals surface area contributed by atoms with E-state index in [1.165, 1.54) is 6.07 Å². The Labute approximate surface area is 215 Å². The third-order valence-electron chi connectivity index (χ3n) is 6.00. The van der Waals surface area contributed by atoms with E-state index < -0.39 is 11.4 Å². The van der Waals surface area contributed by atoms with Crippen LogP contribution in [0.3, 0.4) is 0 Å². The number of hydrogen-bond donors (Lipinski definition) is 1. The molecule has 0 bridgehead atoms. The van der Waals surface area contributed by atoms with Crippen LogP contribution >= 0.6 is 15.9 Å². The molecular formula is C25H25BrFN7O2. The number of carbonyl (C=O) groups is 1. The lowest BCUT2D eigenvalue weighted by Crippen LogP contribution is -2.35. The van der Waals surface area contributed by atoms with Crippen molar-refractivity contribution >= 4 is 49.8 Å². The number of fused-ring (bicyclic) bond motifs is 2. The van der Waals surface area contributed by atoms with Gasteiger partial charge in [0.05, 0.1) is 44.3 Å². The number of imidazole rings is 1. The van der Waals surface area contributed by atoms with Gasteiger partial charge in [0.1, 0.15) is 22.9 Å². The molecule has 1 aliphatic rings. The highest BCUT2D eigenvalue weighted by Crippen LogP contribution is 2.34. The van der Waals surface area contributed by atoms with Gasteiger partial charge in [0.2, 0.25) is 0 Å². The Balaban J connectivity index is 1.53. The molecule has 0 spiro atoms.